The van der Waals surface area contributed by atoms with E-state index in [9.17, 15) is 9.59 Å². The second kappa shape index (κ2) is 9.10. The van der Waals surface area contributed by atoms with Crippen molar-refractivity contribution in [3.8, 4) is 28.1 Å². The van der Waals surface area contributed by atoms with Gasteiger partial charge in [0, 0.05) is 5.56 Å². The molecule has 0 aliphatic carbocycles. The van der Waals surface area contributed by atoms with Crippen LogP contribution in [-0.4, -0.2) is 37.2 Å². The summed E-state index contributed by atoms with van der Waals surface area (Å²) in [5, 5.41) is 0. The number of carbonyl (C=O) groups is 2. The van der Waals surface area contributed by atoms with Gasteiger partial charge >= 0.3 is 11.9 Å². The minimum atomic E-state index is -0.531. The van der Waals surface area contributed by atoms with Crippen LogP contribution in [0, 0.1) is 0 Å². The number of nitrogens with one attached hydrogen (secondary N) is 1. The van der Waals surface area contributed by atoms with Gasteiger partial charge < -0.3 is 19.2 Å². The predicted molar refractivity (Wildman–Crippen MR) is 110 cm³/mol. The van der Waals surface area contributed by atoms with Crippen molar-refractivity contribution < 1.29 is 23.8 Å². The van der Waals surface area contributed by atoms with Crippen molar-refractivity contribution in [3.63, 3.8) is 0 Å². The highest BCUT2D eigenvalue weighted by Crippen LogP contribution is 2.37. The van der Waals surface area contributed by atoms with E-state index in [0.29, 0.717) is 22.6 Å². The van der Waals surface area contributed by atoms with E-state index in [-0.39, 0.29) is 18.9 Å². The first-order valence-electron chi connectivity index (χ1n) is 9.40. The van der Waals surface area contributed by atoms with E-state index in [1.54, 1.807) is 33.1 Å². The number of benzene rings is 2. The van der Waals surface area contributed by atoms with Gasteiger partial charge in [0.25, 0.3) is 0 Å². The second-order valence-corrected chi connectivity index (χ2v) is 6.16. The molecule has 0 bridgehead atoms. The highest BCUT2D eigenvalue weighted by atomic mass is 16.5. The fourth-order valence-corrected chi connectivity index (χ4v) is 3.13. The largest absolute Gasteiger partial charge is 0.497 e. The molecule has 0 spiro atoms. The molecular weight excluding hydrogens is 370 g/mol. The molecule has 150 valence electrons. The number of ether oxygens (including phenoxy) is 3. The van der Waals surface area contributed by atoms with Crippen LogP contribution in [0.5, 0.6) is 5.75 Å². The van der Waals surface area contributed by atoms with Gasteiger partial charge in [-0.3, -0.25) is 0 Å². The SMILES string of the molecule is CCOC(=O)c1[nH]c(-c2ccc(OC)cc2)c(C(=O)OCC)c1-c1ccccc1. The summed E-state index contributed by atoms with van der Waals surface area (Å²) >= 11 is 0. The lowest BCUT2D eigenvalue weighted by molar-refractivity contribution is 0.0519. The molecule has 6 heteroatoms. The maximum Gasteiger partial charge on any atom is 0.355 e. The minimum absolute atomic E-state index is 0.215. The minimum Gasteiger partial charge on any atom is -0.497 e. The van der Waals surface area contributed by atoms with Gasteiger partial charge in [-0.05, 0) is 49.2 Å². The quantitative estimate of drug-likeness (QED) is 0.588. The Kier molecular flexibility index (Phi) is 6.34. The van der Waals surface area contributed by atoms with Crippen molar-refractivity contribution in [1.29, 1.82) is 0 Å². The molecule has 0 fully saturated rings. The fourth-order valence-electron chi connectivity index (χ4n) is 3.13. The predicted octanol–water partition coefficient (Wildman–Crippen LogP) is 4.71. The maximum atomic E-state index is 12.9. The molecule has 0 saturated heterocycles. The van der Waals surface area contributed by atoms with Crippen LogP contribution < -0.4 is 4.74 Å². The first-order chi connectivity index (χ1) is 14.1. The van der Waals surface area contributed by atoms with E-state index in [4.69, 9.17) is 14.2 Å². The van der Waals surface area contributed by atoms with Crippen LogP contribution in [0.15, 0.2) is 54.6 Å². The molecule has 1 N–H and O–H groups in total. The Labute approximate surface area is 169 Å². The summed E-state index contributed by atoms with van der Waals surface area (Å²) in [5.41, 5.74) is 2.91. The van der Waals surface area contributed by atoms with Crippen molar-refractivity contribution >= 4 is 11.9 Å². The van der Waals surface area contributed by atoms with E-state index < -0.39 is 11.9 Å². The summed E-state index contributed by atoms with van der Waals surface area (Å²) in [6, 6.07) is 16.5. The van der Waals surface area contributed by atoms with Crippen LogP contribution in [0.2, 0.25) is 0 Å². The lowest BCUT2D eigenvalue weighted by atomic mass is 9.98. The number of carbonyl (C=O) groups excluding carboxylic acids is 2. The molecule has 0 aliphatic heterocycles. The highest BCUT2D eigenvalue weighted by molar-refractivity contribution is 6.10. The second-order valence-electron chi connectivity index (χ2n) is 6.16. The molecule has 0 unspecified atom stereocenters. The zero-order chi connectivity index (χ0) is 20.8. The molecular formula is C23H23NO5. The molecule has 6 nitrogen and oxygen atoms in total. The molecule has 0 aliphatic rings. The molecule has 3 rings (SSSR count). The van der Waals surface area contributed by atoms with Gasteiger partial charge in [0.15, 0.2) is 0 Å². The van der Waals surface area contributed by atoms with Crippen molar-refractivity contribution in [3.05, 3.63) is 65.9 Å². The van der Waals surface area contributed by atoms with E-state index in [0.717, 1.165) is 11.1 Å². The summed E-state index contributed by atoms with van der Waals surface area (Å²) in [6.45, 7) is 3.92. The zero-order valence-corrected chi connectivity index (χ0v) is 16.7. The normalized spacial score (nSPS) is 10.4. The third kappa shape index (κ3) is 4.16. The average molecular weight is 393 g/mol. The van der Waals surface area contributed by atoms with Crippen molar-refractivity contribution in [2.75, 3.05) is 20.3 Å². The molecule has 0 amide bonds. The molecule has 1 heterocycles. The molecule has 0 saturated carbocycles. The number of H-pyrrole nitrogens is 1. The Balaban J connectivity index is 2.29. The van der Waals surface area contributed by atoms with E-state index in [1.165, 1.54) is 0 Å². The molecule has 2 aromatic carbocycles. The van der Waals surface area contributed by atoms with Gasteiger partial charge in [-0.15, -0.1) is 0 Å². The number of rotatable bonds is 7. The Morgan fingerprint density at radius 1 is 0.828 bits per heavy atom. The summed E-state index contributed by atoms with van der Waals surface area (Å²) < 4.78 is 15.8. The first-order valence-corrected chi connectivity index (χ1v) is 9.40. The van der Waals surface area contributed by atoms with E-state index in [1.807, 2.05) is 42.5 Å². The highest BCUT2D eigenvalue weighted by Gasteiger charge is 2.29. The van der Waals surface area contributed by atoms with Crippen LogP contribution in [0.1, 0.15) is 34.7 Å². The number of aromatic nitrogens is 1. The Bertz CT molecular complexity index is 990. The fraction of sp³-hybridized carbons (Fsp3) is 0.217. The summed E-state index contributed by atoms with van der Waals surface area (Å²) in [7, 11) is 1.58. The lowest BCUT2D eigenvalue weighted by Gasteiger charge is -2.09. The molecule has 29 heavy (non-hydrogen) atoms. The van der Waals surface area contributed by atoms with Crippen molar-refractivity contribution in [2.45, 2.75) is 13.8 Å². The van der Waals surface area contributed by atoms with Gasteiger partial charge in [0.2, 0.25) is 0 Å². The van der Waals surface area contributed by atoms with Gasteiger partial charge in [-0.25, -0.2) is 9.59 Å². The standard InChI is InChI=1S/C23H23NO5/c1-4-28-22(25)19-18(15-9-7-6-8-10-15)21(23(26)29-5-2)24-20(19)16-11-13-17(27-3)14-12-16/h6-14,24H,4-5H2,1-3H3. The van der Waals surface area contributed by atoms with Crippen molar-refractivity contribution in [1.82, 2.24) is 4.98 Å². The molecule has 0 atom stereocenters. The zero-order valence-electron chi connectivity index (χ0n) is 16.7. The van der Waals surface area contributed by atoms with Crippen LogP contribution in [0.3, 0.4) is 0 Å². The van der Waals surface area contributed by atoms with Gasteiger partial charge in [-0.1, -0.05) is 30.3 Å². The number of esters is 2. The number of hydrogen-bond donors (Lipinski definition) is 1. The summed E-state index contributed by atoms with van der Waals surface area (Å²) in [5.74, 6) is -0.354. The Morgan fingerprint density at radius 3 is 2.03 bits per heavy atom. The summed E-state index contributed by atoms with van der Waals surface area (Å²) in [4.78, 5) is 28.7. The molecule has 3 aromatic rings. The first kappa shape index (κ1) is 20.2. The maximum absolute atomic E-state index is 12.9. The van der Waals surface area contributed by atoms with Crippen LogP contribution in [-0.2, 0) is 9.47 Å². The molecule has 1 aromatic heterocycles. The number of hydrogen-bond acceptors (Lipinski definition) is 5. The van der Waals surface area contributed by atoms with Crippen LogP contribution in [0.25, 0.3) is 22.4 Å². The van der Waals surface area contributed by atoms with Gasteiger partial charge in [-0.2, -0.15) is 0 Å². The monoisotopic (exact) mass is 393 g/mol. The van der Waals surface area contributed by atoms with Gasteiger partial charge in [0.05, 0.1) is 31.6 Å². The Hall–Kier alpha value is -3.54. The summed E-state index contributed by atoms with van der Waals surface area (Å²) in [6.07, 6.45) is 0. The number of methoxy groups -OCH3 is 1. The topological polar surface area (TPSA) is 77.6 Å². The van der Waals surface area contributed by atoms with Gasteiger partial charge in [0.1, 0.15) is 11.4 Å². The third-order valence-corrected chi connectivity index (χ3v) is 4.40. The average Bonchev–Trinajstić information content (AvgIpc) is 3.15. The number of aromatic amines is 1. The smallest absolute Gasteiger partial charge is 0.355 e. The lowest BCUT2D eigenvalue weighted by Crippen LogP contribution is -2.09. The van der Waals surface area contributed by atoms with Crippen molar-refractivity contribution in [2.24, 2.45) is 0 Å². The van der Waals surface area contributed by atoms with Crippen LogP contribution in [0.4, 0.5) is 0 Å². The van der Waals surface area contributed by atoms with E-state index >= 15 is 0 Å². The Morgan fingerprint density at radius 2 is 1.45 bits per heavy atom. The van der Waals surface area contributed by atoms with Crippen LogP contribution >= 0.6 is 0 Å². The van der Waals surface area contributed by atoms with E-state index in [2.05, 4.69) is 4.98 Å². The molecule has 0 radical (unpaired) electrons. The third-order valence-electron chi connectivity index (χ3n) is 4.40.